The Hall–Kier alpha value is -1.72. The summed E-state index contributed by atoms with van der Waals surface area (Å²) in [5.74, 6) is -0.404. The van der Waals surface area contributed by atoms with Crippen LogP contribution in [0.3, 0.4) is 0 Å². The molecular formula is C14H15NO3S. The summed E-state index contributed by atoms with van der Waals surface area (Å²) in [5.41, 5.74) is 0. The van der Waals surface area contributed by atoms with Gasteiger partial charge in [0.05, 0.1) is 17.4 Å². The summed E-state index contributed by atoms with van der Waals surface area (Å²) in [5, 5.41) is 13.2. The van der Waals surface area contributed by atoms with E-state index in [1.165, 1.54) is 0 Å². The van der Waals surface area contributed by atoms with E-state index < -0.39 is 10.8 Å². The van der Waals surface area contributed by atoms with Crippen molar-refractivity contribution in [1.82, 2.24) is 5.32 Å². The second-order valence-corrected chi connectivity index (χ2v) is 5.52. The van der Waals surface area contributed by atoms with Crippen molar-refractivity contribution in [3.8, 4) is 0 Å². The standard InChI is InChI=1S/C14H15NO3S/c16-8-7-15-14(17)10-19(18)13-6-5-11-3-1-2-4-12(11)9-13/h1-6,9,16H,7-8,10H2,(H,15,17)/t19-/m1/s1. The van der Waals surface area contributed by atoms with Crippen molar-refractivity contribution in [1.29, 1.82) is 0 Å². The first-order chi connectivity index (χ1) is 9.20. The molecular weight excluding hydrogens is 262 g/mol. The van der Waals surface area contributed by atoms with Crippen LogP contribution in [0.25, 0.3) is 10.8 Å². The molecule has 0 fully saturated rings. The number of carbonyl (C=O) groups is 1. The summed E-state index contributed by atoms with van der Waals surface area (Å²) >= 11 is 0. The van der Waals surface area contributed by atoms with Crippen molar-refractivity contribution in [2.45, 2.75) is 4.90 Å². The third kappa shape index (κ3) is 3.62. The highest BCUT2D eigenvalue weighted by Gasteiger charge is 2.10. The van der Waals surface area contributed by atoms with Crippen LogP contribution >= 0.6 is 0 Å². The van der Waals surface area contributed by atoms with Gasteiger partial charge in [-0.25, -0.2) is 0 Å². The SMILES string of the molecule is O=C(C[S@@](=O)c1ccc2ccccc2c1)NCCO. The molecule has 0 bridgehead atoms. The lowest BCUT2D eigenvalue weighted by Crippen LogP contribution is -2.30. The molecule has 100 valence electrons. The maximum Gasteiger partial charge on any atom is 0.233 e. The van der Waals surface area contributed by atoms with Gasteiger partial charge in [-0.3, -0.25) is 9.00 Å². The Bertz CT molecular complexity index is 612. The van der Waals surface area contributed by atoms with E-state index in [1.54, 1.807) is 6.07 Å². The van der Waals surface area contributed by atoms with E-state index in [9.17, 15) is 9.00 Å². The zero-order chi connectivity index (χ0) is 13.7. The molecule has 0 spiro atoms. The fourth-order valence-corrected chi connectivity index (χ4v) is 2.74. The number of fused-ring (bicyclic) bond motifs is 1. The molecule has 2 aromatic carbocycles. The molecule has 0 aliphatic rings. The summed E-state index contributed by atoms with van der Waals surface area (Å²) in [6, 6.07) is 13.3. The Balaban J connectivity index is 2.11. The molecule has 0 aliphatic heterocycles. The van der Waals surface area contributed by atoms with E-state index in [4.69, 9.17) is 5.11 Å². The number of hydrogen-bond donors (Lipinski definition) is 2. The predicted octanol–water partition coefficient (Wildman–Crippen LogP) is 1.06. The number of benzene rings is 2. The fourth-order valence-electron chi connectivity index (χ4n) is 1.76. The average Bonchev–Trinajstić information content (AvgIpc) is 2.44. The van der Waals surface area contributed by atoms with Crippen molar-refractivity contribution in [3.63, 3.8) is 0 Å². The average molecular weight is 277 g/mol. The zero-order valence-electron chi connectivity index (χ0n) is 10.3. The number of nitrogens with one attached hydrogen (secondary N) is 1. The third-order valence-electron chi connectivity index (χ3n) is 2.68. The number of aliphatic hydroxyl groups excluding tert-OH is 1. The number of carbonyl (C=O) groups excluding carboxylic acids is 1. The molecule has 0 saturated carbocycles. The quantitative estimate of drug-likeness (QED) is 0.858. The molecule has 2 rings (SSSR count). The summed E-state index contributed by atoms with van der Waals surface area (Å²) in [6.45, 7) is 0.0715. The van der Waals surface area contributed by atoms with E-state index >= 15 is 0 Å². The van der Waals surface area contributed by atoms with Crippen LogP contribution in [0, 0.1) is 0 Å². The summed E-state index contributed by atoms with van der Waals surface area (Å²) in [4.78, 5) is 12.1. The molecule has 1 atom stereocenters. The van der Waals surface area contributed by atoms with Crippen LogP contribution < -0.4 is 5.32 Å². The number of amides is 1. The van der Waals surface area contributed by atoms with Crippen LogP contribution in [0.2, 0.25) is 0 Å². The maximum atomic E-state index is 12.0. The Morgan fingerprint density at radius 2 is 1.89 bits per heavy atom. The molecule has 19 heavy (non-hydrogen) atoms. The minimum Gasteiger partial charge on any atom is -0.395 e. The third-order valence-corrected chi connectivity index (χ3v) is 3.98. The largest absolute Gasteiger partial charge is 0.395 e. The molecule has 0 unspecified atom stereocenters. The normalized spacial score (nSPS) is 12.3. The summed E-state index contributed by atoms with van der Waals surface area (Å²) in [6.07, 6.45) is 0. The minimum absolute atomic E-state index is 0.0850. The van der Waals surface area contributed by atoms with Gasteiger partial charge >= 0.3 is 0 Å². The molecule has 5 heteroatoms. The summed E-state index contributed by atoms with van der Waals surface area (Å²) < 4.78 is 12.0. The van der Waals surface area contributed by atoms with Crippen molar-refractivity contribution in [2.75, 3.05) is 18.9 Å². The number of rotatable bonds is 5. The molecule has 1 amide bonds. The molecule has 0 radical (unpaired) electrons. The first kappa shape index (κ1) is 13.7. The van der Waals surface area contributed by atoms with Gasteiger partial charge in [0, 0.05) is 11.4 Å². The molecule has 0 saturated heterocycles. The van der Waals surface area contributed by atoms with Crippen LogP contribution in [0.4, 0.5) is 0 Å². The van der Waals surface area contributed by atoms with Crippen molar-refractivity contribution < 1.29 is 14.1 Å². The van der Waals surface area contributed by atoms with Gasteiger partial charge in [0.15, 0.2) is 0 Å². The highest BCUT2D eigenvalue weighted by atomic mass is 32.2. The predicted molar refractivity (Wildman–Crippen MR) is 75.3 cm³/mol. The van der Waals surface area contributed by atoms with Gasteiger partial charge in [-0.05, 0) is 22.9 Å². The minimum atomic E-state index is -1.37. The highest BCUT2D eigenvalue weighted by Crippen LogP contribution is 2.17. The van der Waals surface area contributed by atoms with Gasteiger partial charge in [0.1, 0.15) is 5.75 Å². The van der Waals surface area contributed by atoms with Crippen LogP contribution in [0.1, 0.15) is 0 Å². The van der Waals surface area contributed by atoms with Gasteiger partial charge in [-0.1, -0.05) is 30.3 Å². The number of aliphatic hydroxyl groups is 1. The van der Waals surface area contributed by atoms with E-state index in [2.05, 4.69) is 5.32 Å². The second-order valence-electron chi connectivity index (χ2n) is 4.07. The van der Waals surface area contributed by atoms with E-state index in [0.29, 0.717) is 4.90 Å². The summed E-state index contributed by atoms with van der Waals surface area (Å²) in [7, 11) is -1.37. The van der Waals surface area contributed by atoms with E-state index in [1.807, 2.05) is 36.4 Å². The monoisotopic (exact) mass is 277 g/mol. The lowest BCUT2D eigenvalue weighted by molar-refractivity contribution is -0.118. The van der Waals surface area contributed by atoms with Gasteiger partial charge in [-0.15, -0.1) is 0 Å². The molecule has 2 aromatic rings. The Morgan fingerprint density at radius 3 is 2.63 bits per heavy atom. The first-order valence-corrected chi connectivity index (χ1v) is 7.27. The Kier molecular flexibility index (Phi) is 4.65. The van der Waals surface area contributed by atoms with Gasteiger partial charge in [-0.2, -0.15) is 0 Å². The van der Waals surface area contributed by atoms with E-state index in [-0.39, 0.29) is 24.8 Å². The lowest BCUT2D eigenvalue weighted by atomic mass is 10.1. The van der Waals surface area contributed by atoms with Crippen LogP contribution in [0.15, 0.2) is 47.4 Å². The Labute approximate surface area is 113 Å². The molecule has 0 aromatic heterocycles. The van der Waals surface area contributed by atoms with E-state index in [0.717, 1.165) is 10.8 Å². The van der Waals surface area contributed by atoms with Crippen molar-refractivity contribution in [3.05, 3.63) is 42.5 Å². The van der Waals surface area contributed by atoms with Crippen LogP contribution in [-0.4, -0.2) is 34.1 Å². The van der Waals surface area contributed by atoms with Gasteiger partial charge in [0.2, 0.25) is 5.91 Å². The lowest BCUT2D eigenvalue weighted by Gasteiger charge is -2.05. The van der Waals surface area contributed by atoms with Gasteiger partial charge in [0.25, 0.3) is 0 Å². The van der Waals surface area contributed by atoms with Crippen molar-refractivity contribution >= 4 is 27.5 Å². The molecule has 0 aliphatic carbocycles. The Morgan fingerprint density at radius 1 is 1.16 bits per heavy atom. The molecule has 2 N–H and O–H groups in total. The second kappa shape index (κ2) is 6.45. The first-order valence-electron chi connectivity index (χ1n) is 5.95. The topological polar surface area (TPSA) is 66.4 Å². The van der Waals surface area contributed by atoms with Crippen LogP contribution in [-0.2, 0) is 15.6 Å². The van der Waals surface area contributed by atoms with Crippen molar-refractivity contribution in [2.24, 2.45) is 0 Å². The maximum absolute atomic E-state index is 12.0. The highest BCUT2D eigenvalue weighted by molar-refractivity contribution is 7.85. The van der Waals surface area contributed by atoms with Gasteiger partial charge < -0.3 is 10.4 Å². The molecule has 0 heterocycles. The smallest absolute Gasteiger partial charge is 0.233 e. The fraction of sp³-hybridized carbons (Fsp3) is 0.214. The molecule has 4 nitrogen and oxygen atoms in total. The van der Waals surface area contributed by atoms with Crippen LogP contribution in [0.5, 0.6) is 0 Å². The zero-order valence-corrected chi connectivity index (χ0v) is 11.2. The number of hydrogen-bond acceptors (Lipinski definition) is 3.